The summed E-state index contributed by atoms with van der Waals surface area (Å²) in [5.41, 5.74) is 8.22. The third-order valence-electron chi connectivity index (χ3n) is 4.13. The predicted molar refractivity (Wildman–Crippen MR) is 95.3 cm³/mol. The number of aromatic nitrogens is 4. The van der Waals surface area contributed by atoms with Gasteiger partial charge in [0, 0.05) is 18.1 Å². The van der Waals surface area contributed by atoms with Crippen molar-refractivity contribution in [3.8, 4) is 5.69 Å². The number of nitrogens with two attached hydrogens (primary N) is 1. The first-order chi connectivity index (χ1) is 11.7. The van der Waals surface area contributed by atoms with Gasteiger partial charge in [-0.25, -0.2) is 9.67 Å². The van der Waals surface area contributed by atoms with Crippen LogP contribution in [0.5, 0.6) is 0 Å². The van der Waals surface area contributed by atoms with Gasteiger partial charge in [0.1, 0.15) is 22.4 Å². The molecule has 0 amide bonds. The molecule has 0 bridgehead atoms. The average Bonchev–Trinajstić information content (AvgIpc) is 2.97. The van der Waals surface area contributed by atoms with Gasteiger partial charge < -0.3 is 5.73 Å². The van der Waals surface area contributed by atoms with E-state index in [0.717, 1.165) is 17.5 Å². The van der Waals surface area contributed by atoms with Gasteiger partial charge in [0.2, 0.25) is 0 Å². The van der Waals surface area contributed by atoms with Gasteiger partial charge in [-0.2, -0.15) is 5.10 Å². The Balaban J connectivity index is 2.16. The summed E-state index contributed by atoms with van der Waals surface area (Å²) in [6.45, 7) is 2.63. The van der Waals surface area contributed by atoms with Crippen molar-refractivity contribution in [2.75, 3.05) is 5.73 Å². The number of aryl methyl sites for hydroxylation is 1. The van der Waals surface area contributed by atoms with E-state index >= 15 is 0 Å². The summed E-state index contributed by atoms with van der Waals surface area (Å²) in [6.07, 6.45) is 2.53. The lowest BCUT2D eigenvalue weighted by Gasteiger charge is -2.08. The quantitative estimate of drug-likeness (QED) is 0.630. The van der Waals surface area contributed by atoms with Crippen molar-refractivity contribution in [3.05, 3.63) is 59.0 Å². The van der Waals surface area contributed by atoms with Gasteiger partial charge in [0.05, 0.1) is 5.69 Å². The topological polar surface area (TPSA) is 78.7 Å². The molecule has 0 unspecified atom stereocenters. The number of nitrogen functional groups attached to an aromatic ring is 1. The lowest BCUT2D eigenvalue weighted by molar-refractivity contribution is 0.676. The van der Waals surface area contributed by atoms with E-state index in [2.05, 4.69) is 10.1 Å². The summed E-state index contributed by atoms with van der Waals surface area (Å²) in [4.78, 5) is 17.4. The Morgan fingerprint density at radius 2 is 1.92 bits per heavy atom. The molecule has 3 heterocycles. The fourth-order valence-electron chi connectivity index (χ4n) is 3.06. The molecule has 0 radical (unpaired) electrons. The van der Waals surface area contributed by atoms with Crippen LogP contribution < -0.4 is 11.3 Å². The van der Waals surface area contributed by atoms with E-state index in [4.69, 9.17) is 5.73 Å². The molecule has 4 rings (SSSR count). The van der Waals surface area contributed by atoms with Crippen LogP contribution >= 0.6 is 0 Å². The third-order valence-corrected chi connectivity index (χ3v) is 4.13. The van der Waals surface area contributed by atoms with Crippen molar-refractivity contribution in [3.63, 3.8) is 0 Å². The van der Waals surface area contributed by atoms with Gasteiger partial charge in [-0.15, -0.1) is 0 Å². The van der Waals surface area contributed by atoms with Gasteiger partial charge in [0.25, 0.3) is 5.56 Å². The van der Waals surface area contributed by atoms with E-state index < -0.39 is 0 Å². The molecule has 6 heteroatoms. The summed E-state index contributed by atoms with van der Waals surface area (Å²) < 4.78 is 3.31. The zero-order valence-corrected chi connectivity index (χ0v) is 13.3. The van der Waals surface area contributed by atoms with Crippen LogP contribution in [0, 0.1) is 0 Å². The standard InChI is InChI=1S/C18H17N5O/c1-2-11-22-17-13(9-6-10-20-17)15-14(18(22)24)16(19)23(21-15)12-7-4-3-5-8-12/h3-10H,2,11,19H2,1H3. The molecular formula is C18H17N5O. The zero-order valence-electron chi connectivity index (χ0n) is 13.3. The van der Waals surface area contributed by atoms with Gasteiger partial charge in [0.15, 0.2) is 0 Å². The normalized spacial score (nSPS) is 11.4. The number of pyridine rings is 2. The van der Waals surface area contributed by atoms with Crippen LogP contribution in [0.4, 0.5) is 5.82 Å². The Morgan fingerprint density at radius 3 is 2.67 bits per heavy atom. The largest absolute Gasteiger partial charge is 0.383 e. The van der Waals surface area contributed by atoms with Gasteiger partial charge in [-0.1, -0.05) is 25.1 Å². The average molecular weight is 319 g/mol. The minimum absolute atomic E-state index is 0.141. The summed E-state index contributed by atoms with van der Waals surface area (Å²) in [6, 6.07) is 13.3. The lowest BCUT2D eigenvalue weighted by Crippen LogP contribution is -2.21. The molecule has 120 valence electrons. The maximum atomic E-state index is 13.0. The second kappa shape index (κ2) is 5.49. The van der Waals surface area contributed by atoms with Crippen LogP contribution in [0.25, 0.3) is 27.6 Å². The molecule has 0 atom stereocenters. The van der Waals surface area contributed by atoms with Crippen LogP contribution in [0.3, 0.4) is 0 Å². The molecule has 1 aromatic carbocycles. The Kier molecular flexibility index (Phi) is 3.30. The van der Waals surface area contributed by atoms with E-state index in [1.54, 1.807) is 15.4 Å². The zero-order chi connectivity index (χ0) is 16.7. The van der Waals surface area contributed by atoms with Crippen molar-refractivity contribution in [2.24, 2.45) is 0 Å². The van der Waals surface area contributed by atoms with Gasteiger partial charge >= 0.3 is 0 Å². The molecule has 6 nitrogen and oxygen atoms in total. The van der Waals surface area contributed by atoms with Crippen LogP contribution in [-0.4, -0.2) is 19.3 Å². The lowest BCUT2D eigenvalue weighted by atomic mass is 10.2. The molecule has 3 aromatic heterocycles. The smallest absolute Gasteiger partial charge is 0.265 e. The van der Waals surface area contributed by atoms with E-state index in [0.29, 0.717) is 28.9 Å². The number of para-hydroxylation sites is 1. The monoisotopic (exact) mass is 319 g/mol. The second-order valence-corrected chi connectivity index (χ2v) is 5.69. The first-order valence-corrected chi connectivity index (χ1v) is 7.93. The molecule has 0 aliphatic heterocycles. The summed E-state index contributed by atoms with van der Waals surface area (Å²) >= 11 is 0. The molecule has 0 aliphatic rings. The molecule has 0 saturated heterocycles. The summed E-state index contributed by atoms with van der Waals surface area (Å²) in [7, 11) is 0. The highest BCUT2D eigenvalue weighted by atomic mass is 16.1. The highest BCUT2D eigenvalue weighted by Crippen LogP contribution is 2.26. The van der Waals surface area contributed by atoms with Gasteiger partial charge in [-0.05, 0) is 30.7 Å². The van der Waals surface area contributed by atoms with Crippen molar-refractivity contribution >= 4 is 27.8 Å². The number of benzene rings is 1. The molecule has 4 aromatic rings. The maximum absolute atomic E-state index is 13.0. The van der Waals surface area contributed by atoms with Crippen LogP contribution in [-0.2, 0) is 6.54 Å². The highest BCUT2D eigenvalue weighted by Gasteiger charge is 2.19. The van der Waals surface area contributed by atoms with E-state index in [1.165, 1.54) is 0 Å². The van der Waals surface area contributed by atoms with Gasteiger partial charge in [-0.3, -0.25) is 9.36 Å². The van der Waals surface area contributed by atoms with Crippen LogP contribution in [0.15, 0.2) is 53.5 Å². The summed E-state index contributed by atoms with van der Waals surface area (Å²) in [5.74, 6) is 0.358. The first kappa shape index (κ1) is 14.4. The van der Waals surface area contributed by atoms with Crippen molar-refractivity contribution < 1.29 is 0 Å². The fraction of sp³-hybridized carbons (Fsp3) is 0.167. The summed E-state index contributed by atoms with van der Waals surface area (Å²) in [5, 5.41) is 5.90. The Morgan fingerprint density at radius 1 is 1.12 bits per heavy atom. The first-order valence-electron chi connectivity index (χ1n) is 7.93. The number of rotatable bonds is 3. The fourth-order valence-corrected chi connectivity index (χ4v) is 3.06. The molecular weight excluding hydrogens is 302 g/mol. The van der Waals surface area contributed by atoms with Crippen LogP contribution in [0.1, 0.15) is 13.3 Å². The number of hydrogen-bond acceptors (Lipinski definition) is 4. The third kappa shape index (κ3) is 2.00. The highest BCUT2D eigenvalue weighted by molar-refractivity contribution is 6.06. The Labute approximate surface area is 138 Å². The molecule has 0 aliphatic carbocycles. The Hall–Kier alpha value is -3.15. The Bertz CT molecular complexity index is 1100. The molecule has 0 saturated carbocycles. The molecule has 2 N–H and O–H groups in total. The maximum Gasteiger partial charge on any atom is 0.265 e. The van der Waals surface area contributed by atoms with Crippen LogP contribution in [0.2, 0.25) is 0 Å². The number of anilines is 1. The molecule has 0 spiro atoms. The van der Waals surface area contributed by atoms with Crippen molar-refractivity contribution in [1.82, 2.24) is 19.3 Å². The van der Waals surface area contributed by atoms with E-state index in [1.807, 2.05) is 49.4 Å². The van der Waals surface area contributed by atoms with Crippen molar-refractivity contribution in [2.45, 2.75) is 19.9 Å². The predicted octanol–water partition coefficient (Wildman–Crippen LogP) is 2.73. The van der Waals surface area contributed by atoms with E-state index in [9.17, 15) is 4.79 Å². The minimum Gasteiger partial charge on any atom is -0.383 e. The number of fused-ring (bicyclic) bond motifs is 3. The second-order valence-electron chi connectivity index (χ2n) is 5.69. The van der Waals surface area contributed by atoms with Crippen molar-refractivity contribution in [1.29, 1.82) is 0 Å². The minimum atomic E-state index is -0.141. The number of hydrogen-bond donors (Lipinski definition) is 1. The molecule has 24 heavy (non-hydrogen) atoms. The molecule has 0 fully saturated rings. The SMILES string of the molecule is CCCn1c(=O)c2c(N)n(-c3ccccc3)nc2c2cccnc21. The van der Waals surface area contributed by atoms with E-state index in [-0.39, 0.29) is 5.56 Å². The number of nitrogens with zero attached hydrogens (tertiary/aromatic N) is 4.